The highest BCUT2D eigenvalue weighted by molar-refractivity contribution is 6.78. The zero-order valence-electron chi connectivity index (χ0n) is 19.0. The Bertz CT molecular complexity index is 616. The largest absolute Gasteiger partial charge is 0.543 e. The van der Waals surface area contributed by atoms with Crippen LogP contribution in [0.25, 0.3) is 0 Å². The van der Waals surface area contributed by atoms with Gasteiger partial charge in [0.15, 0.2) is 0 Å². The zero-order valence-corrected chi connectivity index (χ0v) is 20.0. The van der Waals surface area contributed by atoms with Crippen LogP contribution < -0.4 is 9.74 Å². The number of nitrogens with one attached hydrogen (secondary N) is 1. The second kappa shape index (κ2) is 9.79. The zero-order chi connectivity index (χ0) is 21.7. The van der Waals surface area contributed by atoms with E-state index in [1.807, 2.05) is 24.3 Å². The molecule has 0 aliphatic carbocycles. The molecule has 6 heteroatoms. The number of rotatable bonds is 8. The minimum Gasteiger partial charge on any atom is -0.543 e. The van der Waals surface area contributed by atoms with Crippen molar-refractivity contribution in [3.63, 3.8) is 0 Å². The Morgan fingerprint density at radius 2 is 1.61 bits per heavy atom. The van der Waals surface area contributed by atoms with Crippen LogP contribution in [0.15, 0.2) is 24.3 Å². The van der Waals surface area contributed by atoms with Crippen molar-refractivity contribution in [1.82, 2.24) is 5.32 Å². The van der Waals surface area contributed by atoms with E-state index >= 15 is 0 Å². The normalized spacial score (nSPS) is 13.8. The predicted octanol–water partition coefficient (Wildman–Crippen LogP) is 5.80. The van der Waals surface area contributed by atoms with Gasteiger partial charge in [-0.3, -0.25) is 0 Å². The van der Waals surface area contributed by atoms with E-state index in [9.17, 15) is 9.90 Å². The summed E-state index contributed by atoms with van der Waals surface area (Å²) in [5, 5.41) is 13.1. The Kier molecular flexibility index (Phi) is 8.57. The van der Waals surface area contributed by atoms with Gasteiger partial charge in [-0.1, -0.05) is 53.7 Å². The Morgan fingerprint density at radius 3 is 2.07 bits per heavy atom. The molecule has 0 aliphatic rings. The molecule has 0 aromatic heterocycles. The Hall–Kier alpha value is -1.53. The third-order valence-electron chi connectivity index (χ3n) is 5.08. The summed E-state index contributed by atoms with van der Waals surface area (Å²) < 4.78 is 11.9. The Morgan fingerprint density at radius 1 is 1.07 bits per heavy atom. The predicted molar refractivity (Wildman–Crippen MR) is 117 cm³/mol. The molecule has 5 nitrogen and oxygen atoms in total. The van der Waals surface area contributed by atoms with Crippen LogP contribution in [0.3, 0.4) is 0 Å². The molecule has 0 saturated heterocycles. The number of carbonyl (C=O) groups is 1. The average molecular weight is 410 g/mol. The van der Waals surface area contributed by atoms with E-state index in [-0.39, 0.29) is 6.54 Å². The molecule has 0 spiro atoms. The molecule has 1 rings (SSSR count). The number of amides is 1. The molecule has 1 unspecified atom stereocenters. The van der Waals surface area contributed by atoms with Crippen molar-refractivity contribution in [3.8, 4) is 5.75 Å². The summed E-state index contributed by atoms with van der Waals surface area (Å²) >= 11 is 0. The second-order valence-electron chi connectivity index (χ2n) is 9.39. The molecule has 1 aromatic carbocycles. The van der Waals surface area contributed by atoms with E-state index in [2.05, 4.69) is 46.9 Å². The first-order chi connectivity index (χ1) is 12.8. The fourth-order valence-corrected chi connectivity index (χ4v) is 9.20. The summed E-state index contributed by atoms with van der Waals surface area (Å²) in [6, 6.07) is 7.57. The quantitative estimate of drug-likeness (QED) is 0.533. The lowest BCUT2D eigenvalue weighted by Crippen LogP contribution is -2.50. The van der Waals surface area contributed by atoms with E-state index < -0.39 is 26.1 Å². The van der Waals surface area contributed by atoms with Crippen molar-refractivity contribution >= 4 is 14.4 Å². The van der Waals surface area contributed by atoms with Crippen molar-refractivity contribution in [2.24, 2.45) is 0 Å². The van der Waals surface area contributed by atoms with Crippen LogP contribution in [-0.4, -0.2) is 31.7 Å². The first kappa shape index (κ1) is 24.5. The van der Waals surface area contributed by atoms with Gasteiger partial charge in [0.2, 0.25) is 0 Å². The van der Waals surface area contributed by atoms with Crippen LogP contribution in [-0.2, 0) is 4.74 Å². The van der Waals surface area contributed by atoms with Gasteiger partial charge in [0, 0.05) is 0 Å². The highest BCUT2D eigenvalue weighted by Crippen LogP contribution is 2.42. The standard InChI is InChI=1S/C22H39NO4Si/c1-15(2)28(16(3)4,17(5)6)27-19-12-10-11-18(13-19)20(24)14-23-21(25)26-22(7,8)9/h10-13,15-17,20,24H,14H2,1-9H3,(H,23,25). The first-order valence-corrected chi connectivity index (χ1v) is 12.4. The number of carbonyl (C=O) groups excluding carboxylic acids is 1. The maximum absolute atomic E-state index is 11.8. The number of ether oxygens (including phenoxy) is 1. The summed E-state index contributed by atoms with van der Waals surface area (Å²) in [6.07, 6.45) is -1.37. The van der Waals surface area contributed by atoms with Crippen LogP contribution in [0.4, 0.5) is 4.79 Å². The van der Waals surface area contributed by atoms with Gasteiger partial charge in [-0.2, -0.15) is 0 Å². The summed E-state index contributed by atoms with van der Waals surface area (Å²) in [4.78, 5) is 11.8. The third-order valence-corrected chi connectivity index (χ3v) is 11.1. The lowest BCUT2D eigenvalue weighted by atomic mass is 10.1. The van der Waals surface area contributed by atoms with Crippen LogP contribution in [0.5, 0.6) is 5.75 Å². The Labute approximate surface area is 172 Å². The molecule has 0 bridgehead atoms. The van der Waals surface area contributed by atoms with E-state index in [1.54, 1.807) is 20.8 Å². The van der Waals surface area contributed by atoms with Gasteiger partial charge in [-0.05, 0) is 55.1 Å². The fraction of sp³-hybridized carbons (Fsp3) is 0.682. The molecule has 1 amide bonds. The fourth-order valence-electron chi connectivity index (χ4n) is 3.96. The molecule has 0 radical (unpaired) electrons. The maximum Gasteiger partial charge on any atom is 0.407 e. The van der Waals surface area contributed by atoms with Crippen molar-refractivity contribution < 1.29 is 19.1 Å². The number of alkyl carbamates (subject to hydrolysis) is 1. The summed E-state index contributed by atoms with van der Waals surface area (Å²) in [6.45, 7) is 19.0. The van der Waals surface area contributed by atoms with Crippen LogP contribution in [0, 0.1) is 0 Å². The average Bonchev–Trinajstić information content (AvgIpc) is 2.55. The van der Waals surface area contributed by atoms with E-state index in [0.717, 1.165) is 5.75 Å². The maximum atomic E-state index is 11.8. The van der Waals surface area contributed by atoms with Gasteiger partial charge >= 0.3 is 6.09 Å². The lowest BCUT2D eigenvalue weighted by Gasteiger charge is -2.42. The van der Waals surface area contributed by atoms with Crippen molar-refractivity contribution in [2.75, 3.05) is 6.54 Å². The number of aliphatic hydroxyl groups excluding tert-OH is 1. The number of hydrogen-bond acceptors (Lipinski definition) is 4. The molecule has 160 valence electrons. The van der Waals surface area contributed by atoms with E-state index in [0.29, 0.717) is 22.2 Å². The van der Waals surface area contributed by atoms with Gasteiger partial charge in [0.05, 0.1) is 12.6 Å². The number of hydrogen-bond donors (Lipinski definition) is 2. The van der Waals surface area contributed by atoms with Gasteiger partial charge in [-0.15, -0.1) is 0 Å². The minimum absolute atomic E-state index is 0.0828. The molecular formula is C22H39NO4Si. The Balaban J connectivity index is 2.92. The lowest BCUT2D eigenvalue weighted by molar-refractivity contribution is 0.0492. The minimum atomic E-state index is -2.06. The SMILES string of the molecule is CC(C)[Si](Oc1cccc(C(O)CNC(=O)OC(C)(C)C)c1)(C(C)C)C(C)C. The third kappa shape index (κ3) is 6.52. The summed E-state index contributed by atoms with van der Waals surface area (Å²) in [5.74, 6) is 0.789. The van der Waals surface area contributed by atoms with E-state index in [1.165, 1.54) is 0 Å². The molecular weight excluding hydrogens is 370 g/mol. The summed E-state index contributed by atoms with van der Waals surface area (Å²) in [7, 11) is -2.06. The second-order valence-corrected chi connectivity index (χ2v) is 14.8. The van der Waals surface area contributed by atoms with Crippen molar-refractivity contribution in [2.45, 2.75) is 90.6 Å². The monoisotopic (exact) mass is 409 g/mol. The van der Waals surface area contributed by atoms with Gasteiger partial charge in [0.1, 0.15) is 11.4 Å². The van der Waals surface area contributed by atoms with E-state index in [4.69, 9.17) is 9.16 Å². The van der Waals surface area contributed by atoms with Gasteiger partial charge < -0.3 is 19.6 Å². The smallest absolute Gasteiger partial charge is 0.407 e. The molecule has 0 heterocycles. The molecule has 0 fully saturated rings. The number of aliphatic hydroxyl groups is 1. The summed E-state index contributed by atoms with van der Waals surface area (Å²) in [5.41, 5.74) is 1.55. The topological polar surface area (TPSA) is 67.8 Å². The van der Waals surface area contributed by atoms with Gasteiger partial charge in [0.25, 0.3) is 8.32 Å². The van der Waals surface area contributed by atoms with Crippen molar-refractivity contribution in [1.29, 1.82) is 0 Å². The highest BCUT2D eigenvalue weighted by atomic mass is 28.4. The van der Waals surface area contributed by atoms with Crippen LogP contribution >= 0.6 is 0 Å². The molecule has 1 aromatic rings. The van der Waals surface area contributed by atoms with Crippen molar-refractivity contribution in [3.05, 3.63) is 29.8 Å². The molecule has 0 saturated carbocycles. The van der Waals surface area contributed by atoms with Crippen LogP contribution in [0.1, 0.15) is 74.0 Å². The first-order valence-electron chi connectivity index (χ1n) is 10.2. The number of benzene rings is 1. The van der Waals surface area contributed by atoms with Crippen LogP contribution in [0.2, 0.25) is 16.6 Å². The molecule has 2 N–H and O–H groups in total. The highest BCUT2D eigenvalue weighted by Gasteiger charge is 2.47. The molecule has 1 atom stereocenters. The molecule has 28 heavy (non-hydrogen) atoms. The molecule has 0 aliphatic heterocycles. The van der Waals surface area contributed by atoms with Gasteiger partial charge in [-0.25, -0.2) is 4.79 Å².